The lowest BCUT2D eigenvalue weighted by molar-refractivity contribution is -0.132. The van der Waals surface area contributed by atoms with Gasteiger partial charge in [0.15, 0.2) is 5.71 Å². The lowest BCUT2D eigenvalue weighted by atomic mass is 10.4. The lowest BCUT2D eigenvalue weighted by Gasteiger charge is -1.90. The predicted octanol–water partition coefficient (Wildman–Crippen LogP) is -0.171. The van der Waals surface area contributed by atoms with E-state index in [9.17, 15) is 4.79 Å². The van der Waals surface area contributed by atoms with Crippen molar-refractivity contribution in [1.82, 2.24) is 0 Å². The van der Waals surface area contributed by atoms with Gasteiger partial charge < -0.3 is 10.1 Å². The first-order valence-corrected chi connectivity index (χ1v) is 1.89. The van der Waals surface area contributed by atoms with E-state index >= 15 is 0 Å². The second-order valence-electron chi connectivity index (χ2n) is 1.05. The molecule has 0 heterocycles. The molecule has 0 saturated heterocycles. The minimum absolute atomic E-state index is 0.437. The molecule has 0 aromatic rings. The molecule has 0 rings (SSSR count). The van der Waals surface area contributed by atoms with Gasteiger partial charge in [0.1, 0.15) is 0 Å². The fourth-order valence-corrected chi connectivity index (χ4v) is 0.169. The molecule has 4 nitrogen and oxygen atoms in total. The minimum Gasteiger partial charge on any atom is -0.464 e. The van der Waals surface area contributed by atoms with Gasteiger partial charge in [0.25, 0.3) is 0 Å². The first kappa shape index (κ1) is 6.81. The number of esters is 1. The molecule has 0 unspecified atom stereocenters. The highest BCUT2D eigenvalue weighted by molar-refractivity contribution is 6.57. The van der Waals surface area contributed by atoms with Gasteiger partial charge in [-0.2, -0.15) is 0 Å². The number of methoxy groups -OCH3 is 1. The van der Waals surface area contributed by atoms with Crippen molar-refractivity contribution in [3.8, 4) is 0 Å². The van der Waals surface area contributed by atoms with E-state index in [4.69, 9.17) is 10.8 Å². The molecule has 0 radical (unpaired) electrons. The quantitative estimate of drug-likeness (QED) is 0.386. The summed E-state index contributed by atoms with van der Waals surface area (Å²) in [5, 5.41) is 13.0. The van der Waals surface area contributed by atoms with Gasteiger partial charge in [-0.3, -0.25) is 5.41 Å². The molecule has 0 aliphatic heterocycles. The first-order valence-electron chi connectivity index (χ1n) is 1.89. The summed E-state index contributed by atoms with van der Waals surface area (Å²) in [6.07, 6.45) is 0.631. The van der Waals surface area contributed by atoms with Gasteiger partial charge >= 0.3 is 5.97 Å². The second-order valence-corrected chi connectivity index (χ2v) is 1.05. The molecular formula is C4H6N2O2. The van der Waals surface area contributed by atoms with E-state index < -0.39 is 11.7 Å². The summed E-state index contributed by atoms with van der Waals surface area (Å²) in [5.74, 6) is -0.778. The summed E-state index contributed by atoms with van der Waals surface area (Å²) in [5.41, 5.74) is -0.437. The van der Waals surface area contributed by atoms with E-state index in [0.717, 1.165) is 0 Å². The summed E-state index contributed by atoms with van der Waals surface area (Å²) in [6.45, 7) is 0. The Morgan fingerprint density at radius 1 is 1.75 bits per heavy atom. The zero-order valence-electron chi connectivity index (χ0n) is 4.39. The summed E-state index contributed by atoms with van der Waals surface area (Å²) < 4.78 is 4.09. The van der Waals surface area contributed by atoms with Crippen molar-refractivity contribution >= 4 is 17.9 Å². The highest BCUT2D eigenvalue weighted by atomic mass is 16.5. The third-order valence-electron chi connectivity index (χ3n) is 0.550. The minimum atomic E-state index is -0.778. The molecule has 0 aromatic carbocycles. The fraction of sp³-hybridized carbons (Fsp3) is 0.250. The number of nitrogens with one attached hydrogen (secondary N) is 2. The lowest BCUT2D eigenvalue weighted by Crippen LogP contribution is -2.14. The van der Waals surface area contributed by atoms with Crippen LogP contribution >= 0.6 is 0 Å². The van der Waals surface area contributed by atoms with Crippen molar-refractivity contribution in [2.24, 2.45) is 0 Å². The first-order chi connectivity index (χ1) is 3.72. The topological polar surface area (TPSA) is 74.0 Å². The van der Waals surface area contributed by atoms with Crippen LogP contribution in [0.15, 0.2) is 0 Å². The highest BCUT2D eigenvalue weighted by Crippen LogP contribution is 1.71. The molecule has 0 bridgehead atoms. The maximum atomic E-state index is 10.1. The van der Waals surface area contributed by atoms with Crippen molar-refractivity contribution in [1.29, 1.82) is 10.8 Å². The molecule has 0 aliphatic carbocycles. The molecule has 2 N–H and O–H groups in total. The Kier molecular flexibility index (Phi) is 2.47. The van der Waals surface area contributed by atoms with Crippen molar-refractivity contribution in [3.05, 3.63) is 0 Å². The number of carbonyl (C=O) groups is 1. The largest absolute Gasteiger partial charge is 0.464 e. The molecule has 0 saturated carbocycles. The fourth-order valence-electron chi connectivity index (χ4n) is 0.169. The Labute approximate surface area is 46.5 Å². The number of hydrogen-bond donors (Lipinski definition) is 2. The van der Waals surface area contributed by atoms with Gasteiger partial charge in [-0.05, 0) is 0 Å². The SMILES string of the molecule is COC(=O)C(=N)C=N. The van der Waals surface area contributed by atoms with Crippen LogP contribution in [0.1, 0.15) is 0 Å². The molecular weight excluding hydrogens is 108 g/mol. The zero-order chi connectivity index (χ0) is 6.57. The van der Waals surface area contributed by atoms with Crippen LogP contribution < -0.4 is 0 Å². The van der Waals surface area contributed by atoms with Gasteiger partial charge in [-0.15, -0.1) is 0 Å². The Bertz CT molecular complexity index is 130. The summed E-state index contributed by atoms with van der Waals surface area (Å²) in [7, 11) is 1.17. The van der Waals surface area contributed by atoms with Crippen LogP contribution in [0.2, 0.25) is 0 Å². The third kappa shape index (κ3) is 1.51. The molecule has 0 amide bonds. The molecule has 0 aliphatic rings. The Balaban J connectivity index is 3.82. The van der Waals surface area contributed by atoms with Gasteiger partial charge in [0.2, 0.25) is 0 Å². The molecule has 0 aromatic heterocycles. The van der Waals surface area contributed by atoms with Crippen molar-refractivity contribution < 1.29 is 9.53 Å². The van der Waals surface area contributed by atoms with Gasteiger partial charge in [-0.25, -0.2) is 4.79 Å². The van der Waals surface area contributed by atoms with Gasteiger partial charge in [-0.1, -0.05) is 0 Å². The predicted molar refractivity (Wildman–Crippen MR) is 28.5 cm³/mol. The van der Waals surface area contributed by atoms with Crippen LogP contribution in [0.25, 0.3) is 0 Å². The smallest absolute Gasteiger partial charge is 0.357 e. The molecule has 0 atom stereocenters. The van der Waals surface area contributed by atoms with Crippen LogP contribution in [-0.2, 0) is 9.53 Å². The normalized spacial score (nSPS) is 7.62. The standard InChI is InChI=1S/C4H6N2O2/c1-8-4(7)3(6)2-5/h2,5-6H,1H3. The van der Waals surface area contributed by atoms with Crippen LogP contribution in [0.3, 0.4) is 0 Å². The van der Waals surface area contributed by atoms with E-state index in [2.05, 4.69) is 4.74 Å². The number of rotatable bonds is 2. The molecule has 0 fully saturated rings. The maximum absolute atomic E-state index is 10.1. The number of carbonyl (C=O) groups excluding carboxylic acids is 1. The summed E-state index contributed by atoms with van der Waals surface area (Å²) >= 11 is 0. The molecule has 4 heteroatoms. The van der Waals surface area contributed by atoms with E-state index in [1.54, 1.807) is 0 Å². The second kappa shape index (κ2) is 2.90. The highest BCUT2D eigenvalue weighted by Gasteiger charge is 2.02. The third-order valence-corrected chi connectivity index (χ3v) is 0.550. The van der Waals surface area contributed by atoms with E-state index in [-0.39, 0.29) is 0 Å². The van der Waals surface area contributed by atoms with Crippen LogP contribution in [0.5, 0.6) is 0 Å². The Morgan fingerprint density at radius 3 is 2.38 bits per heavy atom. The average molecular weight is 114 g/mol. The van der Waals surface area contributed by atoms with E-state index in [0.29, 0.717) is 6.21 Å². The molecule has 44 valence electrons. The van der Waals surface area contributed by atoms with Gasteiger partial charge in [0.05, 0.1) is 13.3 Å². The van der Waals surface area contributed by atoms with Crippen LogP contribution in [-0.4, -0.2) is 25.0 Å². The number of hydrogen-bond acceptors (Lipinski definition) is 4. The Morgan fingerprint density at radius 2 is 2.25 bits per heavy atom. The monoisotopic (exact) mass is 114 g/mol. The van der Waals surface area contributed by atoms with E-state index in [1.165, 1.54) is 7.11 Å². The van der Waals surface area contributed by atoms with E-state index in [1.807, 2.05) is 0 Å². The molecule has 8 heavy (non-hydrogen) atoms. The van der Waals surface area contributed by atoms with Crippen LogP contribution in [0.4, 0.5) is 0 Å². The molecule has 0 spiro atoms. The Hall–Kier alpha value is -1.19. The number of ether oxygens (including phenoxy) is 1. The average Bonchev–Trinajstić information content (AvgIpc) is 1.84. The van der Waals surface area contributed by atoms with Crippen LogP contribution in [0, 0.1) is 10.8 Å². The maximum Gasteiger partial charge on any atom is 0.357 e. The summed E-state index contributed by atoms with van der Waals surface area (Å²) in [4.78, 5) is 10.1. The summed E-state index contributed by atoms with van der Waals surface area (Å²) in [6, 6.07) is 0. The zero-order valence-corrected chi connectivity index (χ0v) is 4.39. The van der Waals surface area contributed by atoms with Gasteiger partial charge in [0, 0.05) is 0 Å². The van der Waals surface area contributed by atoms with Crippen molar-refractivity contribution in [2.45, 2.75) is 0 Å². The van der Waals surface area contributed by atoms with Crippen molar-refractivity contribution in [2.75, 3.05) is 7.11 Å². The van der Waals surface area contributed by atoms with Crippen molar-refractivity contribution in [3.63, 3.8) is 0 Å².